The van der Waals surface area contributed by atoms with Gasteiger partial charge in [-0.3, -0.25) is 4.79 Å². The number of hydrogen-bond donors (Lipinski definition) is 1. The van der Waals surface area contributed by atoms with Crippen molar-refractivity contribution < 1.29 is 9.53 Å². The lowest BCUT2D eigenvalue weighted by atomic mass is 10.1. The zero-order valence-electron chi connectivity index (χ0n) is 8.87. The van der Waals surface area contributed by atoms with Gasteiger partial charge in [0, 0.05) is 4.47 Å². The van der Waals surface area contributed by atoms with Crippen LogP contribution in [-0.4, -0.2) is 18.6 Å². The van der Waals surface area contributed by atoms with Gasteiger partial charge in [0.1, 0.15) is 6.04 Å². The van der Waals surface area contributed by atoms with Gasteiger partial charge < -0.3 is 10.5 Å². The molecule has 1 rings (SSSR count). The molecule has 0 amide bonds. The molecule has 3 nitrogen and oxygen atoms in total. The van der Waals surface area contributed by atoms with E-state index in [1.165, 1.54) is 0 Å². The third kappa shape index (κ3) is 3.77. The minimum absolute atomic E-state index is 0.344. The third-order valence-electron chi connectivity index (χ3n) is 2.03. The molecule has 88 valence electrons. The second-order valence-electron chi connectivity index (χ2n) is 3.31. The molecule has 0 radical (unpaired) electrons. The molecule has 5 heteroatoms. The Balaban J connectivity index is 2.66. The number of benzene rings is 1. The standard InChI is InChI=1S/C11H13BrClNO2/c1-2-16-11(15)10(14)6-7-3-4-9(13)8(12)5-7/h3-5,10H,2,6,14H2,1H3. The van der Waals surface area contributed by atoms with Gasteiger partial charge in [0.2, 0.25) is 0 Å². The second-order valence-corrected chi connectivity index (χ2v) is 4.57. The molecule has 0 fully saturated rings. The van der Waals surface area contributed by atoms with E-state index in [1.54, 1.807) is 13.0 Å². The molecule has 1 aromatic rings. The van der Waals surface area contributed by atoms with E-state index in [4.69, 9.17) is 22.1 Å². The Morgan fingerprint density at radius 3 is 2.88 bits per heavy atom. The fourth-order valence-electron chi connectivity index (χ4n) is 1.25. The summed E-state index contributed by atoms with van der Waals surface area (Å²) >= 11 is 9.17. The first-order chi connectivity index (χ1) is 7.54. The molecule has 2 N–H and O–H groups in total. The van der Waals surface area contributed by atoms with Crippen LogP contribution < -0.4 is 5.73 Å². The van der Waals surface area contributed by atoms with E-state index >= 15 is 0 Å². The topological polar surface area (TPSA) is 52.3 Å². The average molecular weight is 307 g/mol. The van der Waals surface area contributed by atoms with Crippen LogP contribution in [0.2, 0.25) is 5.02 Å². The van der Waals surface area contributed by atoms with Gasteiger partial charge in [0.25, 0.3) is 0 Å². The fraction of sp³-hybridized carbons (Fsp3) is 0.364. The number of nitrogens with two attached hydrogens (primary N) is 1. The van der Waals surface area contributed by atoms with E-state index in [2.05, 4.69) is 15.9 Å². The zero-order chi connectivity index (χ0) is 12.1. The first kappa shape index (κ1) is 13.5. The van der Waals surface area contributed by atoms with Crippen molar-refractivity contribution in [1.82, 2.24) is 0 Å². The molecule has 0 aliphatic heterocycles. The molecule has 1 atom stereocenters. The quantitative estimate of drug-likeness (QED) is 0.870. The lowest BCUT2D eigenvalue weighted by Crippen LogP contribution is -2.34. The largest absolute Gasteiger partial charge is 0.465 e. The van der Waals surface area contributed by atoms with Gasteiger partial charge in [-0.25, -0.2) is 0 Å². The van der Waals surface area contributed by atoms with E-state index in [9.17, 15) is 4.79 Å². The Kier molecular flexibility index (Phi) is 5.25. The van der Waals surface area contributed by atoms with E-state index in [0.29, 0.717) is 18.1 Å². The Morgan fingerprint density at radius 2 is 2.31 bits per heavy atom. The molecule has 0 saturated carbocycles. The van der Waals surface area contributed by atoms with Gasteiger partial charge in [-0.1, -0.05) is 17.7 Å². The van der Waals surface area contributed by atoms with Gasteiger partial charge in [-0.05, 0) is 47.0 Å². The molecule has 1 aromatic carbocycles. The van der Waals surface area contributed by atoms with Crippen LogP contribution in [-0.2, 0) is 16.0 Å². The summed E-state index contributed by atoms with van der Waals surface area (Å²) in [5.74, 6) is -0.381. The summed E-state index contributed by atoms with van der Waals surface area (Å²) in [6.07, 6.45) is 0.439. The second kappa shape index (κ2) is 6.23. The Labute approximate surface area is 108 Å². The number of ether oxygens (including phenoxy) is 1. The Bertz CT molecular complexity index is 384. The summed E-state index contributed by atoms with van der Waals surface area (Å²) < 4.78 is 5.62. The van der Waals surface area contributed by atoms with Crippen LogP contribution in [0.1, 0.15) is 12.5 Å². The fourth-order valence-corrected chi connectivity index (χ4v) is 1.80. The smallest absolute Gasteiger partial charge is 0.323 e. The van der Waals surface area contributed by atoms with E-state index in [1.807, 2.05) is 12.1 Å². The van der Waals surface area contributed by atoms with Gasteiger partial charge >= 0.3 is 5.97 Å². The highest BCUT2D eigenvalue weighted by Crippen LogP contribution is 2.23. The predicted octanol–water partition coefficient (Wildman–Crippen LogP) is 2.54. The SMILES string of the molecule is CCOC(=O)C(N)Cc1ccc(Cl)c(Br)c1. The van der Waals surface area contributed by atoms with Crippen LogP contribution in [0.3, 0.4) is 0 Å². The molecule has 1 unspecified atom stereocenters. The molecule has 0 bridgehead atoms. The van der Waals surface area contributed by atoms with Crippen molar-refractivity contribution in [3.8, 4) is 0 Å². The number of carbonyl (C=O) groups is 1. The molecule has 0 aromatic heterocycles. The number of halogens is 2. The molecule has 0 aliphatic carbocycles. The third-order valence-corrected chi connectivity index (χ3v) is 3.24. The Morgan fingerprint density at radius 1 is 1.62 bits per heavy atom. The van der Waals surface area contributed by atoms with Crippen LogP contribution in [0, 0.1) is 0 Å². The van der Waals surface area contributed by atoms with Crippen LogP contribution in [0.5, 0.6) is 0 Å². The summed E-state index contributed by atoms with van der Waals surface area (Å²) in [4.78, 5) is 11.3. The summed E-state index contributed by atoms with van der Waals surface area (Å²) in [6, 6.07) is 4.82. The first-order valence-corrected chi connectivity index (χ1v) is 6.07. The highest BCUT2D eigenvalue weighted by Gasteiger charge is 2.15. The van der Waals surface area contributed by atoms with Crippen LogP contribution in [0.4, 0.5) is 0 Å². The van der Waals surface area contributed by atoms with Crippen molar-refractivity contribution in [2.75, 3.05) is 6.61 Å². The number of esters is 1. The van der Waals surface area contributed by atoms with Crippen LogP contribution in [0.15, 0.2) is 22.7 Å². The van der Waals surface area contributed by atoms with Crippen molar-refractivity contribution in [1.29, 1.82) is 0 Å². The summed E-state index contributed by atoms with van der Waals surface area (Å²) in [6.45, 7) is 2.10. The molecular formula is C11H13BrClNO2. The van der Waals surface area contributed by atoms with E-state index < -0.39 is 6.04 Å². The maximum absolute atomic E-state index is 11.3. The molecule has 0 aliphatic rings. The number of rotatable bonds is 4. The van der Waals surface area contributed by atoms with Crippen molar-refractivity contribution in [3.63, 3.8) is 0 Å². The minimum atomic E-state index is -0.631. The van der Waals surface area contributed by atoms with Gasteiger partial charge in [-0.15, -0.1) is 0 Å². The molecule has 0 heterocycles. The first-order valence-electron chi connectivity index (χ1n) is 4.90. The highest BCUT2D eigenvalue weighted by atomic mass is 79.9. The Hall–Kier alpha value is -0.580. The number of hydrogen-bond acceptors (Lipinski definition) is 3. The monoisotopic (exact) mass is 305 g/mol. The normalized spacial score (nSPS) is 12.2. The van der Waals surface area contributed by atoms with E-state index in [-0.39, 0.29) is 5.97 Å². The lowest BCUT2D eigenvalue weighted by Gasteiger charge is -2.10. The molecule has 0 spiro atoms. The molecule has 16 heavy (non-hydrogen) atoms. The summed E-state index contributed by atoms with van der Waals surface area (Å²) in [7, 11) is 0. The maximum Gasteiger partial charge on any atom is 0.323 e. The van der Waals surface area contributed by atoms with Crippen molar-refractivity contribution in [3.05, 3.63) is 33.3 Å². The van der Waals surface area contributed by atoms with Gasteiger partial charge in [0.05, 0.1) is 11.6 Å². The van der Waals surface area contributed by atoms with Crippen molar-refractivity contribution >= 4 is 33.5 Å². The molecule has 0 saturated heterocycles. The highest BCUT2D eigenvalue weighted by molar-refractivity contribution is 9.10. The number of carbonyl (C=O) groups excluding carboxylic acids is 1. The van der Waals surface area contributed by atoms with Crippen molar-refractivity contribution in [2.24, 2.45) is 5.73 Å². The van der Waals surface area contributed by atoms with Crippen LogP contribution >= 0.6 is 27.5 Å². The lowest BCUT2D eigenvalue weighted by molar-refractivity contribution is -0.144. The maximum atomic E-state index is 11.3. The summed E-state index contributed by atoms with van der Waals surface area (Å²) in [5.41, 5.74) is 6.64. The molecular weight excluding hydrogens is 293 g/mol. The predicted molar refractivity (Wildman–Crippen MR) is 67.5 cm³/mol. The van der Waals surface area contributed by atoms with Crippen LogP contribution in [0.25, 0.3) is 0 Å². The zero-order valence-corrected chi connectivity index (χ0v) is 11.2. The van der Waals surface area contributed by atoms with Gasteiger partial charge in [-0.2, -0.15) is 0 Å². The summed E-state index contributed by atoms with van der Waals surface area (Å²) in [5, 5.41) is 0.633. The average Bonchev–Trinajstić information content (AvgIpc) is 2.24. The minimum Gasteiger partial charge on any atom is -0.465 e. The van der Waals surface area contributed by atoms with Gasteiger partial charge in [0.15, 0.2) is 0 Å². The van der Waals surface area contributed by atoms with Crippen molar-refractivity contribution in [2.45, 2.75) is 19.4 Å². The van der Waals surface area contributed by atoms with E-state index in [0.717, 1.165) is 10.0 Å².